The van der Waals surface area contributed by atoms with E-state index in [1.807, 2.05) is 12.4 Å². The lowest BCUT2D eigenvalue weighted by Crippen LogP contribution is -2.36. The van der Waals surface area contributed by atoms with Gasteiger partial charge in [-0.05, 0) is 37.4 Å². The molecule has 1 aromatic heterocycles. The van der Waals surface area contributed by atoms with E-state index in [4.69, 9.17) is 0 Å². The minimum atomic E-state index is 0.455. The first kappa shape index (κ1) is 11.0. The Morgan fingerprint density at radius 2 is 2.18 bits per heavy atom. The smallest absolute Gasteiger partial charge is 0.0867 e. The Kier molecular flexibility index (Phi) is 2.40. The highest BCUT2D eigenvalue weighted by molar-refractivity contribution is 5.58. The third kappa shape index (κ3) is 1.41. The molecule has 0 saturated carbocycles. The van der Waals surface area contributed by atoms with Crippen molar-refractivity contribution in [3.63, 3.8) is 0 Å². The van der Waals surface area contributed by atoms with Gasteiger partial charge < -0.3 is 5.32 Å². The van der Waals surface area contributed by atoms with Crippen LogP contribution < -0.4 is 5.32 Å². The molecule has 92 valence electrons. The van der Waals surface area contributed by atoms with Crippen LogP contribution in [0.5, 0.6) is 0 Å². The molecular formula is C14H21N3. The van der Waals surface area contributed by atoms with Crippen LogP contribution in [-0.2, 0) is 0 Å². The van der Waals surface area contributed by atoms with Gasteiger partial charge >= 0.3 is 0 Å². The average molecular weight is 231 g/mol. The largest absolute Gasteiger partial charge is 0.368 e. The maximum absolute atomic E-state index is 4.22. The van der Waals surface area contributed by atoms with Gasteiger partial charge in [-0.3, -0.25) is 9.88 Å². The quantitative estimate of drug-likeness (QED) is 0.805. The molecule has 3 heteroatoms. The number of pyridine rings is 1. The third-order valence-electron chi connectivity index (χ3n) is 4.68. The maximum atomic E-state index is 4.22. The summed E-state index contributed by atoms with van der Waals surface area (Å²) in [5, 5.41) is 3.62. The van der Waals surface area contributed by atoms with Gasteiger partial charge in [0.2, 0.25) is 0 Å². The van der Waals surface area contributed by atoms with Crippen LogP contribution >= 0.6 is 0 Å². The molecule has 2 aliphatic rings. The molecule has 0 bridgehead atoms. The average Bonchev–Trinajstić information content (AvgIpc) is 2.77. The third-order valence-corrected chi connectivity index (χ3v) is 4.68. The number of anilines is 1. The first-order valence-electron chi connectivity index (χ1n) is 6.53. The van der Waals surface area contributed by atoms with E-state index in [0.717, 1.165) is 5.92 Å². The summed E-state index contributed by atoms with van der Waals surface area (Å²) < 4.78 is 0. The van der Waals surface area contributed by atoms with Crippen LogP contribution in [0, 0.1) is 11.8 Å². The summed E-state index contributed by atoms with van der Waals surface area (Å²) in [5.41, 5.74) is 2.69. The molecular weight excluding hydrogens is 210 g/mol. The normalized spacial score (nSPS) is 35.8. The SMILES string of the molecule is CC(C)C1C2c3ccncc3NC2N(C)C1C. The molecule has 3 nitrogen and oxygen atoms in total. The molecule has 4 unspecified atom stereocenters. The van der Waals surface area contributed by atoms with Gasteiger partial charge in [-0.25, -0.2) is 0 Å². The lowest BCUT2D eigenvalue weighted by atomic mass is 9.79. The Morgan fingerprint density at radius 1 is 1.41 bits per heavy atom. The first-order valence-corrected chi connectivity index (χ1v) is 6.53. The fourth-order valence-electron chi connectivity index (χ4n) is 3.81. The molecule has 0 aromatic carbocycles. The zero-order chi connectivity index (χ0) is 12.2. The number of likely N-dealkylation sites (N-methyl/N-ethyl adjacent to an activating group) is 1. The molecule has 1 fully saturated rings. The van der Waals surface area contributed by atoms with E-state index in [1.165, 1.54) is 11.3 Å². The van der Waals surface area contributed by atoms with E-state index in [1.54, 1.807) is 0 Å². The van der Waals surface area contributed by atoms with E-state index >= 15 is 0 Å². The molecule has 3 heterocycles. The summed E-state index contributed by atoms with van der Waals surface area (Å²) in [6.07, 6.45) is 4.34. The summed E-state index contributed by atoms with van der Waals surface area (Å²) in [6, 6.07) is 2.83. The number of hydrogen-bond acceptors (Lipinski definition) is 3. The van der Waals surface area contributed by atoms with Crippen LogP contribution in [0.2, 0.25) is 0 Å². The van der Waals surface area contributed by atoms with E-state index in [-0.39, 0.29) is 0 Å². The van der Waals surface area contributed by atoms with E-state index in [9.17, 15) is 0 Å². The minimum absolute atomic E-state index is 0.455. The van der Waals surface area contributed by atoms with Gasteiger partial charge in [-0.2, -0.15) is 0 Å². The van der Waals surface area contributed by atoms with Gasteiger partial charge in [0.05, 0.1) is 18.1 Å². The Balaban J connectivity index is 2.05. The standard InChI is InChI=1S/C14H21N3/c1-8(2)12-9(3)17(4)14-13(12)10-5-6-15-7-11(10)16-14/h5-9,12-14,16H,1-4H3. The predicted molar refractivity (Wildman–Crippen MR) is 69.9 cm³/mol. The van der Waals surface area contributed by atoms with Gasteiger partial charge in [-0.1, -0.05) is 13.8 Å². The van der Waals surface area contributed by atoms with Crippen molar-refractivity contribution in [2.75, 3.05) is 12.4 Å². The number of nitrogens with zero attached hydrogens (tertiary/aromatic N) is 2. The summed E-state index contributed by atoms with van der Waals surface area (Å²) in [6.45, 7) is 7.04. The summed E-state index contributed by atoms with van der Waals surface area (Å²) in [4.78, 5) is 6.70. The summed E-state index contributed by atoms with van der Waals surface area (Å²) in [7, 11) is 2.23. The second-order valence-electron chi connectivity index (χ2n) is 5.81. The van der Waals surface area contributed by atoms with Crippen molar-refractivity contribution in [3.8, 4) is 0 Å². The lowest BCUT2D eigenvalue weighted by Gasteiger charge is -2.27. The van der Waals surface area contributed by atoms with Crippen LogP contribution in [-0.4, -0.2) is 29.1 Å². The van der Waals surface area contributed by atoms with Gasteiger partial charge in [0.15, 0.2) is 0 Å². The van der Waals surface area contributed by atoms with Crippen LogP contribution in [0.25, 0.3) is 0 Å². The monoisotopic (exact) mass is 231 g/mol. The molecule has 1 saturated heterocycles. The number of fused-ring (bicyclic) bond motifs is 3. The highest BCUT2D eigenvalue weighted by Crippen LogP contribution is 2.50. The maximum Gasteiger partial charge on any atom is 0.0867 e. The zero-order valence-corrected chi connectivity index (χ0v) is 11.0. The lowest BCUT2D eigenvalue weighted by molar-refractivity contribution is 0.232. The number of nitrogens with one attached hydrogen (secondary N) is 1. The molecule has 3 rings (SSSR count). The van der Waals surface area contributed by atoms with Crippen LogP contribution in [0.3, 0.4) is 0 Å². The molecule has 0 radical (unpaired) electrons. The van der Waals surface area contributed by atoms with Crippen molar-refractivity contribution >= 4 is 5.69 Å². The molecule has 17 heavy (non-hydrogen) atoms. The fraction of sp³-hybridized carbons (Fsp3) is 0.643. The van der Waals surface area contributed by atoms with E-state index in [2.05, 4.69) is 49.1 Å². The molecule has 0 spiro atoms. The van der Waals surface area contributed by atoms with Crippen molar-refractivity contribution in [2.45, 2.75) is 38.9 Å². The highest BCUT2D eigenvalue weighted by atomic mass is 15.3. The predicted octanol–water partition coefficient (Wildman–Crippen LogP) is 2.52. The van der Waals surface area contributed by atoms with Gasteiger partial charge in [0.1, 0.15) is 0 Å². The van der Waals surface area contributed by atoms with Crippen molar-refractivity contribution < 1.29 is 0 Å². The zero-order valence-electron chi connectivity index (χ0n) is 11.0. The minimum Gasteiger partial charge on any atom is -0.368 e. The second kappa shape index (κ2) is 3.70. The molecule has 0 aliphatic carbocycles. The van der Waals surface area contributed by atoms with Crippen LogP contribution in [0.4, 0.5) is 5.69 Å². The molecule has 4 atom stereocenters. The number of rotatable bonds is 1. The molecule has 1 N–H and O–H groups in total. The summed E-state index contributed by atoms with van der Waals surface area (Å²) in [5.74, 6) is 2.05. The Labute approximate surface area is 103 Å². The Hall–Kier alpha value is -1.09. The van der Waals surface area contributed by atoms with Gasteiger partial charge in [0.25, 0.3) is 0 Å². The number of hydrogen-bond donors (Lipinski definition) is 1. The fourth-order valence-corrected chi connectivity index (χ4v) is 3.81. The second-order valence-corrected chi connectivity index (χ2v) is 5.81. The van der Waals surface area contributed by atoms with Crippen LogP contribution in [0.15, 0.2) is 18.5 Å². The van der Waals surface area contributed by atoms with Crippen molar-refractivity contribution in [3.05, 3.63) is 24.0 Å². The molecule has 2 aliphatic heterocycles. The van der Waals surface area contributed by atoms with Crippen molar-refractivity contribution in [2.24, 2.45) is 11.8 Å². The molecule has 1 aromatic rings. The van der Waals surface area contributed by atoms with Crippen LogP contribution in [0.1, 0.15) is 32.3 Å². The topological polar surface area (TPSA) is 28.2 Å². The van der Waals surface area contributed by atoms with E-state index in [0.29, 0.717) is 24.0 Å². The summed E-state index contributed by atoms with van der Waals surface area (Å²) >= 11 is 0. The van der Waals surface area contributed by atoms with Gasteiger partial charge in [-0.15, -0.1) is 0 Å². The van der Waals surface area contributed by atoms with Gasteiger partial charge in [0, 0.05) is 18.2 Å². The number of likely N-dealkylation sites (tertiary alicyclic amines) is 1. The Bertz CT molecular complexity index is 429. The van der Waals surface area contributed by atoms with Crippen molar-refractivity contribution in [1.29, 1.82) is 0 Å². The highest BCUT2D eigenvalue weighted by Gasteiger charge is 2.50. The van der Waals surface area contributed by atoms with E-state index < -0.39 is 0 Å². The first-order chi connectivity index (χ1) is 8.11. The van der Waals surface area contributed by atoms with Crippen molar-refractivity contribution in [1.82, 2.24) is 9.88 Å². The Morgan fingerprint density at radius 3 is 2.88 bits per heavy atom. The molecule has 0 amide bonds. The number of aromatic nitrogens is 1.